The van der Waals surface area contributed by atoms with Crippen LogP contribution in [0.4, 0.5) is 0 Å². The third kappa shape index (κ3) is 2.48. The van der Waals surface area contributed by atoms with Gasteiger partial charge >= 0.3 is 5.97 Å². The van der Waals surface area contributed by atoms with Crippen LogP contribution in [0.25, 0.3) is 0 Å². The third-order valence-corrected chi connectivity index (χ3v) is 10.2. The number of aliphatic hydroxyl groups is 1. The van der Waals surface area contributed by atoms with Crippen LogP contribution in [-0.2, 0) is 9.59 Å². The van der Waals surface area contributed by atoms with E-state index in [1.807, 2.05) is 0 Å². The van der Waals surface area contributed by atoms with E-state index in [4.69, 9.17) is 11.6 Å². The molecule has 5 aliphatic carbocycles. The summed E-state index contributed by atoms with van der Waals surface area (Å²) in [7, 11) is 0. The molecule has 0 radical (unpaired) electrons. The van der Waals surface area contributed by atoms with Gasteiger partial charge in [-0.2, -0.15) is 0 Å². The van der Waals surface area contributed by atoms with Crippen molar-refractivity contribution >= 4 is 23.4 Å². The maximum atomic E-state index is 12.1. The van der Waals surface area contributed by atoms with Crippen molar-refractivity contribution in [3.05, 3.63) is 22.8 Å². The zero-order valence-electron chi connectivity index (χ0n) is 17.1. The maximum Gasteiger partial charge on any atom is 0.328 e. The van der Waals surface area contributed by atoms with E-state index in [2.05, 4.69) is 6.92 Å². The number of aliphatic carboxylic acids is 1. The van der Waals surface area contributed by atoms with Crippen LogP contribution in [0, 0.1) is 40.9 Å². The third-order valence-electron chi connectivity index (χ3n) is 9.76. The highest BCUT2D eigenvalue weighted by Gasteiger charge is 2.72. The summed E-state index contributed by atoms with van der Waals surface area (Å²) in [4.78, 5) is 23.4. The molecule has 158 valence electrons. The molecule has 5 rings (SSSR count). The second-order valence-electron chi connectivity index (χ2n) is 10.2. The monoisotopic (exact) mass is 418 g/mol. The number of Topliss-reactive ketones (excluding diaryl/α,β-unsaturated/α-hetero) is 1. The standard InChI is InChI=1S/C24H31ClO4/c1-2-23-11-9-14-13-6-8-19(26)22(25)16(13)4-3-15(14)21(23)17-5-7-18(17)24(23,29)12-10-20(27)28/h10,12-15,17-18,21,29H,2-9,11H2,1H3,(H,27,28)/b12-10-/t13-,14-,15-,17-,18+,21-,23+,24+/m1/s1. The normalized spacial score (nSPS) is 48.6. The van der Waals surface area contributed by atoms with Gasteiger partial charge in [-0.1, -0.05) is 18.5 Å². The van der Waals surface area contributed by atoms with Crippen molar-refractivity contribution in [2.75, 3.05) is 0 Å². The number of fused-ring (bicyclic) bond motifs is 7. The van der Waals surface area contributed by atoms with Crippen molar-refractivity contribution in [1.29, 1.82) is 0 Å². The first-order valence-electron chi connectivity index (χ1n) is 11.4. The Morgan fingerprint density at radius 2 is 1.93 bits per heavy atom. The largest absolute Gasteiger partial charge is 0.478 e. The smallest absolute Gasteiger partial charge is 0.328 e. The van der Waals surface area contributed by atoms with Crippen LogP contribution in [0.5, 0.6) is 0 Å². The molecular formula is C24H31ClO4. The SMILES string of the molecule is CC[C@]12CC[C@H]3[C@@H](CCC4=C(Cl)C(=O)CC[C@@H]43)[C@@H]1[C@@H]1CC[C@@H]1[C@@]2(O)/C=C\C(=O)O. The zero-order chi connectivity index (χ0) is 20.6. The van der Waals surface area contributed by atoms with E-state index in [-0.39, 0.29) is 17.1 Å². The first kappa shape index (κ1) is 19.8. The van der Waals surface area contributed by atoms with Crippen LogP contribution < -0.4 is 0 Å². The lowest BCUT2D eigenvalue weighted by Gasteiger charge is -2.57. The summed E-state index contributed by atoms with van der Waals surface area (Å²) in [6.45, 7) is 2.18. The van der Waals surface area contributed by atoms with Gasteiger partial charge in [0, 0.05) is 17.9 Å². The van der Waals surface area contributed by atoms with Crippen molar-refractivity contribution in [2.45, 2.75) is 70.3 Å². The Hall–Kier alpha value is -1.13. The van der Waals surface area contributed by atoms with Crippen molar-refractivity contribution in [3.8, 4) is 0 Å². The second-order valence-corrected chi connectivity index (χ2v) is 10.6. The number of hydrogen-bond donors (Lipinski definition) is 2. The van der Waals surface area contributed by atoms with Gasteiger partial charge in [0.2, 0.25) is 0 Å². The van der Waals surface area contributed by atoms with Gasteiger partial charge < -0.3 is 10.2 Å². The van der Waals surface area contributed by atoms with Crippen LogP contribution in [0.2, 0.25) is 0 Å². The van der Waals surface area contributed by atoms with E-state index in [1.54, 1.807) is 6.08 Å². The van der Waals surface area contributed by atoms with Crippen molar-refractivity contribution in [1.82, 2.24) is 0 Å². The highest BCUT2D eigenvalue weighted by Crippen LogP contribution is 2.74. The fourth-order valence-corrected chi connectivity index (χ4v) is 8.95. The minimum Gasteiger partial charge on any atom is -0.478 e. The second kappa shape index (κ2) is 6.68. The summed E-state index contributed by atoms with van der Waals surface area (Å²) in [6, 6.07) is 0. The average Bonchev–Trinajstić information content (AvgIpc) is 2.82. The van der Waals surface area contributed by atoms with Gasteiger partial charge in [-0.3, -0.25) is 4.79 Å². The van der Waals surface area contributed by atoms with Gasteiger partial charge in [0.25, 0.3) is 0 Å². The fourth-order valence-electron chi connectivity index (χ4n) is 8.63. The Kier molecular flexibility index (Phi) is 4.57. The van der Waals surface area contributed by atoms with E-state index in [0.29, 0.717) is 41.0 Å². The maximum absolute atomic E-state index is 12.1. The van der Waals surface area contributed by atoms with E-state index in [1.165, 1.54) is 11.6 Å². The zero-order valence-corrected chi connectivity index (χ0v) is 17.8. The summed E-state index contributed by atoms with van der Waals surface area (Å²) in [6.07, 6.45) is 11.3. The lowest BCUT2D eigenvalue weighted by Crippen LogP contribution is -2.54. The van der Waals surface area contributed by atoms with Crippen molar-refractivity contribution < 1.29 is 19.8 Å². The number of carbonyl (C=O) groups excluding carboxylic acids is 1. The highest BCUT2D eigenvalue weighted by atomic mass is 35.5. The molecule has 5 heteroatoms. The Bertz CT molecular complexity index is 816. The van der Waals surface area contributed by atoms with E-state index >= 15 is 0 Å². The van der Waals surface area contributed by atoms with Gasteiger partial charge in [0.05, 0.1) is 10.6 Å². The number of halogens is 1. The number of ketones is 1. The predicted octanol–water partition coefficient (Wildman–Crippen LogP) is 4.70. The number of rotatable bonds is 3. The lowest BCUT2D eigenvalue weighted by molar-refractivity contribution is -0.132. The van der Waals surface area contributed by atoms with Crippen LogP contribution in [0.15, 0.2) is 22.8 Å². The molecule has 0 spiro atoms. The molecular weight excluding hydrogens is 388 g/mol. The molecule has 0 aromatic carbocycles. The molecule has 4 nitrogen and oxygen atoms in total. The topological polar surface area (TPSA) is 74.6 Å². The van der Waals surface area contributed by atoms with Gasteiger partial charge in [-0.05, 0) is 98.5 Å². The lowest BCUT2D eigenvalue weighted by atomic mass is 9.48. The van der Waals surface area contributed by atoms with Gasteiger partial charge in [0.1, 0.15) is 0 Å². The number of allylic oxidation sites excluding steroid dienone is 1. The Labute approximate surface area is 177 Å². The molecule has 0 aliphatic heterocycles. The molecule has 8 atom stereocenters. The molecule has 4 fully saturated rings. The van der Waals surface area contributed by atoms with E-state index < -0.39 is 11.6 Å². The minimum atomic E-state index is -1.00. The van der Waals surface area contributed by atoms with Crippen LogP contribution in [0.1, 0.15) is 64.7 Å². The number of carbonyl (C=O) groups is 2. The summed E-state index contributed by atoms with van der Waals surface area (Å²) < 4.78 is 0. The highest BCUT2D eigenvalue weighted by molar-refractivity contribution is 6.43. The fraction of sp³-hybridized carbons (Fsp3) is 0.750. The van der Waals surface area contributed by atoms with Crippen LogP contribution >= 0.6 is 11.6 Å². The Morgan fingerprint density at radius 3 is 2.59 bits per heavy atom. The minimum absolute atomic E-state index is 0.114. The summed E-state index contributed by atoms with van der Waals surface area (Å²) in [5.74, 6) is 1.80. The number of carboxylic acids is 1. The van der Waals surface area contributed by atoms with Gasteiger partial charge in [-0.25, -0.2) is 4.79 Å². The number of hydrogen-bond acceptors (Lipinski definition) is 3. The average molecular weight is 419 g/mol. The summed E-state index contributed by atoms with van der Waals surface area (Å²) in [5, 5.41) is 21.7. The molecule has 0 unspecified atom stereocenters. The van der Waals surface area contributed by atoms with Crippen LogP contribution in [-0.4, -0.2) is 27.6 Å². The molecule has 4 saturated carbocycles. The summed E-state index contributed by atoms with van der Waals surface area (Å²) >= 11 is 6.44. The molecule has 0 aromatic rings. The van der Waals surface area contributed by atoms with Crippen LogP contribution in [0.3, 0.4) is 0 Å². The quantitative estimate of drug-likeness (QED) is 0.651. The Morgan fingerprint density at radius 1 is 1.14 bits per heavy atom. The molecule has 2 N–H and O–H groups in total. The van der Waals surface area contributed by atoms with Gasteiger partial charge in [-0.15, -0.1) is 0 Å². The van der Waals surface area contributed by atoms with Gasteiger partial charge in [0.15, 0.2) is 5.78 Å². The molecule has 0 heterocycles. The first-order valence-corrected chi connectivity index (χ1v) is 11.8. The van der Waals surface area contributed by atoms with Crippen molar-refractivity contribution in [3.63, 3.8) is 0 Å². The molecule has 5 aliphatic rings. The predicted molar refractivity (Wildman–Crippen MR) is 110 cm³/mol. The molecule has 0 saturated heterocycles. The van der Waals surface area contributed by atoms with E-state index in [0.717, 1.165) is 51.4 Å². The Balaban J connectivity index is 1.54. The van der Waals surface area contributed by atoms with E-state index in [9.17, 15) is 19.8 Å². The molecule has 0 amide bonds. The van der Waals surface area contributed by atoms with Crippen molar-refractivity contribution in [2.24, 2.45) is 40.9 Å². The number of carboxylic acid groups (broad SMARTS) is 1. The molecule has 29 heavy (non-hydrogen) atoms. The summed E-state index contributed by atoms with van der Waals surface area (Å²) in [5.41, 5.74) is -0.0199. The molecule has 0 bridgehead atoms. The first-order chi connectivity index (χ1) is 13.8. The molecule has 0 aromatic heterocycles.